The molecule has 0 atom stereocenters. The highest BCUT2D eigenvalue weighted by molar-refractivity contribution is 7.89. The van der Waals surface area contributed by atoms with Crippen LogP contribution < -0.4 is 14.4 Å². The molecule has 1 aliphatic heterocycles. The molecular formula is C21H28N2O4S. The second-order valence-corrected chi connectivity index (χ2v) is 8.61. The highest BCUT2D eigenvalue weighted by Gasteiger charge is 2.31. The van der Waals surface area contributed by atoms with Gasteiger partial charge in [-0.1, -0.05) is 17.7 Å². The third-order valence-electron chi connectivity index (χ3n) is 4.78. The number of ether oxygens (including phenoxy) is 2. The summed E-state index contributed by atoms with van der Waals surface area (Å²) in [7, 11) is -3.67. The minimum Gasteiger partial charge on any atom is -0.494 e. The lowest BCUT2D eigenvalue weighted by Crippen LogP contribution is -2.48. The maximum absolute atomic E-state index is 13.3. The quantitative estimate of drug-likeness (QED) is 0.709. The number of sulfonamides is 1. The molecule has 0 spiro atoms. The topological polar surface area (TPSA) is 59.1 Å². The van der Waals surface area contributed by atoms with Crippen LogP contribution in [0.1, 0.15) is 19.4 Å². The Bertz CT molecular complexity index is 889. The van der Waals surface area contributed by atoms with Crippen molar-refractivity contribution >= 4 is 15.7 Å². The minimum absolute atomic E-state index is 0.170. The fourth-order valence-electron chi connectivity index (χ4n) is 3.30. The Balaban J connectivity index is 1.80. The molecule has 0 aromatic heterocycles. The van der Waals surface area contributed by atoms with Crippen molar-refractivity contribution < 1.29 is 17.9 Å². The first-order chi connectivity index (χ1) is 13.5. The van der Waals surface area contributed by atoms with E-state index in [1.807, 2.05) is 13.8 Å². The Morgan fingerprint density at radius 2 is 1.54 bits per heavy atom. The number of hydrogen-bond donors (Lipinski definition) is 0. The van der Waals surface area contributed by atoms with E-state index in [2.05, 4.69) is 36.1 Å². The number of nitrogens with zero attached hydrogens (tertiary/aromatic N) is 2. The normalized spacial score (nSPS) is 15.5. The Morgan fingerprint density at radius 3 is 2.14 bits per heavy atom. The van der Waals surface area contributed by atoms with Crippen molar-refractivity contribution in [2.24, 2.45) is 0 Å². The van der Waals surface area contributed by atoms with Crippen molar-refractivity contribution in [2.75, 3.05) is 44.3 Å². The third kappa shape index (κ3) is 4.42. The lowest BCUT2D eigenvalue weighted by Gasteiger charge is -2.35. The highest BCUT2D eigenvalue weighted by Crippen LogP contribution is 2.32. The molecule has 0 aliphatic carbocycles. The molecule has 1 aliphatic rings. The second kappa shape index (κ2) is 8.84. The van der Waals surface area contributed by atoms with Crippen LogP contribution in [-0.2, 0) is 10.0 Å². The fraction of sp³-hybridized carbons (Fsp3) is 0.429. The first-order valence-corrected chi connectivity index (χ1v) is 11.1. The van der Waals surface area contributed by atoms with E-state index >= 15 is 0 Å². The highest BCUT2D eigenvalue weighted by atomic mass is 32.2. The van der Waals surface area contributed by atoms with Gasteiger partial charge in [-0.15, -0.1) is 0 Å². The van der Waals surface area contributed by atoms with Gasteiger partial charge < -0.3 is 14.4 Å². The summed E-state index contributed by atoms with van der Waals surface area (Å²) in [5.41, 5.74) is 2.33. The van der Waals surface area contributed by atoms with Crippen molar-refractivity contribution in [3.8, 4) is 11.5 Å². The van der Waals surface area contributed by atoms with E-state index in [-0.39, 0.29) is 4.90 Å². The SMILES string of the molecule is CCOc1ccc(OCC)c(S(=O)(=O)N2CCN(c3ccc(C)cc3)CC2)c1. The number of rotatable bonds is 7. The zero-order valence-corrected chi connectivity index (χ0v) is 17.5. The van der Waals surface area contributed by atoms with Crippen molar-refractivity contribution in [2.45, 2.75) is 25.7 Å². The van der Waals surface area contributed by atoms with Crippen LogP contribution in [0.25, 0.3) is 0 Å². The maximum atomic E-state index is 13.3. The second-order valence-electron chi connectivity index (χ2n) is 6.70. The summed E-state index contributed by atoms with van der Waals surface area (Å²) in [5.74, 6) is 0.898. The van der Waals surface area contributed by atoms with Gasteiger partial charge in [-0.2, -0.15) is 4.31 Å². The predicted molar refractivity (Wildman–Crippen MR) is 111 cm³/mol. The van der Waals surface area contributed by atoms with E-state index in [1.54, 1.807) is 18.2 Å². The maximum Gasteiger partial charge on any atom is 0.247 e. The minimum atomic E-state index is -3.67. The summed E-state index contributed by atoms with van der Waals surface area (Å²) >= 11 is 0. The number of hydrogen-bond acceptors (Lipinski definition) is 5. The zero-order valence-electron chi connectivity index (χ0n) is 16.7. The van der Waals surface area contributed by atoms with Crippen LogP contribution in [0.15, 0.2) is 47.4 Å². The van der Waals surface area contributed by atoms with Gasteiger partial charge in [0.15, 0.2) is 0 Å². The molecule has 2 aromatic carbocycles. The molecule has 0 amide bonds. The monoisotopic (exact) mass is 404 g/mol. The molecule has 6 nitrogen and oxygen atoms in total. The molecule has 7 heteroatoms. The molecule has 1 heterocycles. The van der Waals surface area contributed by atoms with E-state index in [4.69, 9.17) is 9.47 Å². The van der Waals surface area contributed by atoms with Gasteiger partial charge in [0.1, 0.15) is 16.4 Å². The summed E-state index contributed by atoms with van der Waals surface area (Å²) in [6, 6.07) is 13.3. The standard InChI is InChI=1S/C21H28N2O4S/c1-4-26-19-10-11-20(27-5-2)21(16-19)28(24,25)23-14-12-22(13-15-23)18-8-6-17(3)7-9-18/h6-11,16H,4-5,12-15H2,1-3H3. The van der Waals surface area contributed by atoms with E-state index in [0.29, 0.717) is 50.9 Å². The van der Waals surface area contributed by atoms with Crippen molar-refractivity contribution in [1.29, 1.82) is 0 Å². The van der Waals surface area contributed by atoms with Crippen LogP contribution in [0.3, 0.4) is 0 Å². The van der Waals surface area contributed by atoms with Gasteiger partial charge >= 0.3 is 0 Å². The average Bonchev–Trinajstić information content (AvgIpc) is 2.70. The van der Waals surface area contributed by atoms with Crippen LogP contribution in [0.5, 0.6) is 11.5 Å². The van der Waals surface area contributed by atoms with Crippen LogP contribution in [0.4, 0.5) is 5.69 Å². The van der Waals surface area contributed by atoms with Gasteiger partial charge in [0.25, 0.3) is 0 Å². The molecule has 0 bridgehead atoms. The fourth-order valence-corrected chi connectivity index (χ4v) is 4.87. The average molecular weight is 405 g/mol. The largest absolute Gasteiger partial charge is 0.494 e. The predicted octanol–water partition coefficient (Wildman–Crippen LogP) is 3.30. The molecule has 0 radical (unpaired) electrons. The summed E-state index contributed by atoms with van der Waals surface area (Å²) in [4.78, 5) is 2.38. The van der Waals surface area contributed by atoms with E-state index in [1.165, 1.54) is 9.87 Å². The molecule has 28 heavy (non-hydrogen) atoms. The third-order valence-corrected chi connectivity index (χ3v) is 6.70. The molecule has 1 saturated heterocycles. The Morgan fingerprint density at radius 1 is 0.893 bits per heavy atom. The molecule has 0 unspecified atom stereocenters. The van der Waals surface area contributed by atoms with Crippen LogP contribution >= 0.6 is 0 Å². The number of anilines is 1. The van der Waals surface area contributed by atoms with Crippen molar-refractivity contribution in [3.63, 3.8) is 0 Å². The zero-order chi connectivity index (χ0) is 20.1. The van der Waals surface area contributed by atoms with E-state index in [0.717, 1.165) is 5.69 Å². The van der Waals surface area contributed by atoms with Crippen molar-refractivity contribution in [3.05, 3.63) is 48.0 Å². The van der Waals surface area contributed by atoms with Crippen LogP contribution in [-0.4, -0.2) is 52.1 Å². The molecule has 3 rings (SSSR count). The van der Waals surface area contributed by atoms with Gasteiger partial charge in [0.2, 0.25) is 10.0 Å². The first kappa shape index (κ1) is 20.5. The van der Waals surface area contributed by atoms with Crippen LogP contribution in [0.2, 0.25) is 0 Å². The van der Waals surface area contributed by atoms with Gasteiger partial charge in [0.05, 0.1) is 13.2 Å². The van der Waals surface area contributed by atoms with Gasteiger partial charge in [-0.05, 0) is 45.0 Å². The Hall–Kier alpha value is -2.25. The Kier molecular flexibility index (Phi) is 6.46. The molecule has 2 aromatic rings. The summed E-state index contributed by atoms with van der Waals surface area (Å²) in [5, 5.41) is 0. The van der Waals surface area contributed by atoms with E-state index in [9.17, 15) is 8.42 Å². The molecule has 0 N–H and O–H groups in total. The molecule has 1 fully saturated rings. The van der Waals surface area contributed by atoms with Gasteiger partial charge in [-0.25, -0.2) is 8.42 Å². The summed E-state index contributed by atoms with van der Waals surface area (Å²) in [6.45, 7) is 8.80. The van der Waals surface area contributed by atoms with Gasteiger partial charge in [0, 0.05) is 37.9 Å². The number of benzene rings is 2. The van der Waals surface area contributed by atoms with Crippen molar-refractivity contribution in [1.82, 2.24) is 4.31 Å². The first-order valence-electron chi connectivity index (χ1n) is 9.67. The molecular weight excluding hydrogens is 376 g/mol. The lowest BCUT2D eigenvalue weighted by atomic mass is 10.2. The molecule has 152 valence electrons. The molecule has 0 saturated carbocycles. The lowest BCUT2D eigenvalue weighted by molar-refractivity contribution is 0.319. The number of piperazine rings is 1. The van der Waals surface area contributed by atoms with Gasteiger partial charge in [-0.3, -0.25) is 0 Å². The van der Waals surface area contributed by atoms with E-state index < -0.39 is 10.0 Å². The Labute approximate surface area is 167 Å². The van der Waals surface area contributed by atoms with Crippen LogP contribution in [0, 0.1) is 6.92 Å². The smallest absolute Gasteiger partial charge is 0.247 e. The summed E-state index contributed by atoms with van der Waals surface area (Å²) < 4.78 is 39.2. The summed E-state index contributed by atoms with van der Waals surface area (Å²) in [6.07, 6.45) is 0. The number of aryl methyl sites for hydroxylation is 1.